The van der Waals surface area contributed by atoms with Gasteiger partial charge in [-0.15, -0.1) is 0 Å². The number of aromatic amines is 1. The maximum atomic E-state index is 10.6. The van der Waals surface area contributed by atoms with Crippen LogP contribution in [-0.4, -0.2) is 85.4 Å². The maximum absolute atomic E-state index is 10.6. The normalized spacial score (nSPS) is 21.6. The number of piperidine rings is 1. The van der Waals surface area contributed by atoms with Gasteiger partial charge in [-0.2, -0.15) is 31.4 Å². The summed E-state index contributed by atoms with van der Waals surface area (Å²) in [5.74, 6) is -2.49. The fraction of sp³-hybridized carbons (Fsp3) is 0.571. The molecule has 3 N–H and O–H groups in total. The second-order valence-corrected chi connectivity index (χ2v) is 8.33. The van der Waals surface area contributed by atoms with Gasteiger partial charge in [0, 0.05) is 37.8 Å². The minimum absolute atomic E-state index is 0.274. The highest BCUT2D eigenvalue weighted by Gasteiger charge is 2.41. The molecular formula is C21H25F6N5O5. The molecule has 37 heavy (non-hydrogen) atoms. The van der Waals surface area contributed by atoms with Crippen LogP contribution in [0.5, 0.6) is 0 Å². The molecule has 0 radical (unpaired) electrons. The van der Waals surface area contributed by atoms with Gasteiger partial charge in [-0.3, -0.25) is 15.0 Å². The van der Waals surface area contributed by atoms with Gasteiger partial charge in [-0.05, 0) is 37.4 Å². The number of carboxylic acids is 2. The first-order chi connectivity index (χ1) is 17.2. The van der Waals surface area contributed by atoms with Crippen molar-refractivity contribution in [3.8, 4) is 0 Å². The third-order valence-corrected chi connectivity index (χ3v) is 5.52. The molecule has 0 spiro atoms. The quantitative estimate of drug-likeness (QED) is 0.498. The molecule has 2 fully saturated rings. The molecule has 0 saturated carbocycles. The van der Waals surface area contributed by atoms with E-state index in [9.17, 15) is 26.3 Å². The van der Waals surface area contributed by atoms with Crippen molar-refractivity contribution in [1.29, 1.82) is 0 Å². The molecule has 0 amide bonds. The van der Waals surface area contributed by atoms with Crippen molar-refractivity contribution in [2.24, 2.45) is 11.8 Å². The summed E-state index contributed by atoms with van der Waals surface area (Å²) in [6, 6.07) is 4.16. The third-order valence-electron chi connectivity index (χ3n) is 5.52. The van der Waals surface area contributed by atoms with Crippen molar-refractivity contribution in [2.45, 2.75) is 44.8 Å². The van der Waals surface area contributed by atoms with Crippen LogP contribution in [0.1, 0.15) is 23.6 Å². The van der Waals surface area contributed by atoms with E-state index in [4.69, 9.17) is 24.5 Å². The van der Waals surface area contributed by atoms with Crippen LogP contribution in [0.25, 0.3) is 0 Å². The third kappa shape index (κ3) is 9.95. The lowest BCUT2D eigenvalue weighted by Crippen LogP contribution is -2.41. The Hall–Kier alpha value is -3.27. The van der Waals surface area contributed by atoms with Crippen molar-refractivity contribution in [2.75, 3.05) is 19.7 Å². The fourth-order valence-electron chi connectivity index (χ4n) is 3.93. The Bertz CT molecular complexity index is 993. The topological polar surface area (TPSA) is 142 Å². The molecule has 10 nitrogen and oxygen atoms in total. The van der Waals surface area contributed by atoms with E-state index in [2.05, 4.69) is 31.1 Å². The number of carbonyl (C=O) groups is 2. The number of alkyl halides is 6. The highest BCUT2D eigenvalue weighted by molar-refractivity contribution is 5.73. The Labute approximate surface area is 206 Å². The van der Waals surface area contributed by atoms with E-state index >= 15 is 0 Å². The van der Waals surface area contributed by atoms with Gasteiger partial charge in [0.2, 0.25) is 0 Å². The predicted molar refractivity (Wildman–Crippen MR) is 113 cm³/mol. The van der Waals surface area contributed by atoms with E-state index in [1.807, 2.05) is 25.4 Å². The van der Waals surface area contributed by atoms with Gasteiger partial charge in [-0.25, -0.2) is 14.6 Å². The summed E-state index contributed by atoms with van der Waals surface area (Å²) in [4.78, 5) is 28.9. The number of H-pyrrole nitrogens is 1. The lowest BCUT2D eigenvalue weighted by atomic mass is 9.83. The number of nitrogens with zero attached hydrogens (tertiary/aromatic N) is 4. The molecule has 0 unspecified atom stereocenters. The molecule has 0 aliphatic carbocycles. The number of aryl methyl sites for hydroxylation is 1. The number of halogens is 6. The molecule has 3 atom stereocenters. The van der Waals surface area contributed by atoms with Crippen LogP contribution in [0.15, 0.2) is 24.5 Å². The molecule has 2 aromatic heterocycles. The monoisotopic (exact) mass is 541 g/mol. The number of aromatic nitrogens is 4. The van der Waals surface area contributed by atoms with Gasteiger partial charge < -0.3 is 14.9 Å². The summed E-state index contributed by atoms with van der Waals surface area (Å²) in [7, 11) is 0. The lowest BCUT2D eigenvalue weighted by molar-refractivity contribution is -0.193. The number of nitrogens with one attached hydrogen (secondary N) is 1. The van der Waals surface area contributed by atoms with Gasteiger partial charge in [0.15, 0.2) is 5.82 Å². The molecule has 4 rings (SSSR count). The zero-order valence-corrected chi connectivity index (χ0v) is 19.5. The highest BCUT2D eigenvalue weighted by atomic mass is 19.4. The second kappa shape index (κ2) is 12.8. The average molecular weight is 541 g/mol. The van der Waals surface area contributed by atoms with Crippen LogP contribution in [-0.2, 0) is 27.3 Å². The summed E-state index contributed by atoms with van der Waals surface area (Å²) in [5, 5.41) is 21.4. The van der Waals surface area contributed by atoms with Crippen LogP contribution in [0.4, 0.5) is 26.3 Å². The molecular weight excluding hydrogens is 516 g/mol. The van der Waals surface area contributed by atoms with Crippen LogP contribution in [0.3, 0.4) is 0 Å². The minimum atomic E-state index is -5.08. The van der Waals surface area contributed by atoms with Gasteiger partial charge in [0.1, 0.15) is 5.82 Å². The Morgan fingerprint density at radius 2 is 1.78 bits per heavy atom. The summed E-state index contributed by atoms with van der Waals surface area (Å²) >= 11 is 0. The Kier molecular flexibility index (Phi) is 10.4. The molecule has 0 aromatic carbocycles. The predicted octanol–water partition coefficient (Wildman–Crippen LogP) is 2.85. The lowest BCUT2D eigenvalue weighted by Gasteiger charge is -2.35. The number of aliphatic carboxylic acids is 2. The van der Waals surface area contributed by atoms with Crippen LogP contribution in [0, 0.1) is 18.8 Å². The smallest absolute Gasteiger partial charge is 0.475 e. The largest absolute Gasteiger partial charge is 0.490 e. The molecule has 206 valence electrons. The van der Waals surface area contributed by atoms with E-state index < -0.39 is 24.3 Å². The number of hydrogen-bond acceptors (Lipinski definition) is 7. The van der Waals surface area contributed by atoms with Crippen LogP contribution >= 0.6 is 0 Å². The van der Waals surface area contributed by atoms with Crippen molar-refractivity contribution >= 4 is 11.9 Å². The number of hydrogen-bond donors (Lipinski definition) is 3. The Balaban J connectivity index is 0.000000286. The average Bonchev–Trinajstić information content (AvgIpc) is 3.40. The van der Waals surface area contributed by atoms with Crippen LogP contribution in [0.2, 0.25) is 0 Å². The summed E-state index contributed by atoms with van der Waals surface area (Å²) in [6.07, 6.45) is -4.08. The fourth-order valence-corrected chi connectivity index (χ4v) is 3.93. The van der Waals surface area contributed by atoms with E-state index in [-0.39, 0.29) is 6.10 Å². The van der Waals surface area contributed by atoms with Crippen molar-refractivity contribution in [3.63, 3.8) is 0 Å². The number of ether oxygens (including phenoxy) is 1. The zero-order chi connectivity index (χ0) is 27.8. The highest BCUT2D eigenvalue weighted by Crippen LogP contribution is 2.36. The van der Waals surface area contributed by atoms with Crippen LogP contribution < -0.4 is 0 Å². The molecule has 4 heterocycles. The molecule has 0 bridgehead atoms. The van der Waals surface area contributed by atoms with Crippen molar-refractivity contribution in [3.05, 3.63) is 41.7 Å². The molecule has 16 heteroatoms. The van der Waals surface area contributed by atoms with Crippen molar-refractivity contribution < 1.29 is 50.9 Å². The molecule has 2 aromatic rings. The van der Waals surface area contributed by atoms with E-state index in [0.717, 1.165) is 44.3 Å². The maximum Gasteiger partial charge on any atom is 0.490 e. The number of rotatable bonds is 4. The van der Waals surface area contributed by atoms with E-state index in [1.54, 1.807) is 0 Å². The minimum Gasteiger partial charge on any atom is -0.475 e. The first kappa shape index (κ1) is 30.0. The molecule has 2 aliphatic rings. The molecule has 2 saturated heterocycles. The summed E-state index contributed by atoms with van der Waals surface area (Å²) < 4.78 is 69.6. The second-order valence-electron chi connectivity index (χ2n) is 8.33. The first-order valence-corrected chi connectivity index (χ1v) is 10.9. The summed E-state index contributed by atoms with van der Waals surface area (Å²) in [5.41, 5.74) is 1.29. The van der Waals surface area contributed by atoms with Gasteiger partial charge in [0.05, 0.1) is 12.7 Å². The van der Waals surface area contributed by atoms with Gasteiger partial charge in [-0.1, -0.05) is 6.07 Å². The number of carboxylic acid groups (broad SMARTS) is 2. The Morgan fingerprint density at radius 1 is 1.16 bits per heavy atom. The molecule has 2 aliphatic heterocycles. The first-order valence-electron chi connectivity index (χ1n) is 10.9. The summed E-state index contributed by atoms with van der Waals surface area (Å²) in [6.45, 7) is 6.03. The SMILES string of the molecule is Cc1nc(C[C@@H]2OC[C@H]3CN(Cc4cccnc4)CC[C@H]32)n[nH]1.O=C(O)C(F)(F)F.O=C(O)C(F)(F)F. The number of pyridine rings is 1. The number of fused-ring (bicyclic) bond motifs is 1. The van der Waals surface area contributed by atoms with Gasteiger partial charge in [0.25, 0.3) is 0 Å². The van der Waals surface area contributed by atoms with E-state index in [0.29, 0.717) is 11.8 Å². The van der Waals surface area contributed by atoms with E-state index in [1.165, 1.54) is 12.0 Å². The van der Waals surface area contributed by atoms with Crippen molar-refractivity contribution in [1.82, 2.24) is 25.1 Å². The zero-order valence-electron chi connectivity index (χ0n) is 19.5. The standard InChI is InChI=1S/C17H23N5O.2C2HF3O2/c1-12-19-17(21-20-12)7-16-15-4-6-22(10-14(15)11-23-16)9-13-3-2-5-18-8-13;2*3-2(4,5)1(6)7/h2-3,5,8,14-16H,4,6-7,9-11H2,1H3,(H,19,20,21);2*(H,6,7)/t14-,15-,16+;;/m1../s1. The number of likely N-dealkylation sites (tertiary alicyclic amines) is 1. The van der Waals surface area contributed by atoms with Gasteiger partial charge >= 0.3 is 24.3 Å². The Morgan fingerprint density at radius 3 is 2.27 bits per heavy atom.